The molecule has 1 unspecified atom stereocenters. The van der Waals surface area contributed by atoms with Crippen molar-refractivity contribution < 1.29 is 18.8 Å². The SMILES string of the molecule is O=C(NNC(=O)C1CC(=O)N(c2ccc(Cl)cc2)C1)c1ccccc1F. The first kappa shape index (κ1) is 17.9. The highest BCUT2D eigenvalue weighted by atomic mass is 35.5. The van der Waals surface area contributed by atoms with Crippen molar-refractivity contribution in [2.45, 2.75) is 6.42 Å². The fourth-order valence-corrected chi connectivity index (χ4v) is 2.81. The zero-order valence-corrected chi connectivity index (χ0v) is 14.3. The summed E-state index contributed by atoms with van der Waals surface area (Å²) in [5, 5.41) is 0.547. The Morgan fingerprint density at radius 1 is 1.08 bits per heavy atom. The highest BCUT2D eigenvalue weighted by Crippen LogP contribution is 2.26. The number of hydrazine groups is 1. The van der Waals surface area contributed by atoms with Gasteiger partial charge in [-0.2, -0.15) is 0 Å². The highest BCUT2D eigenvalue weighted by Gasteiger charge is 2.35. The van der Waals surface area contributed by atoms with Crippen molar-refractivity contribution in [2.75, 3.05) is 11.4 Å². The standard InChI is InChI=1S/C18H15ClFN3O3/c19-12-5-7-13(8-6-12)23-10-11(9-16(23)24)17(25)21-22-18(26)14-3-1-2-4-15(14)20/h1-8,11H,9-10H2,(H,21,25)(H,22,26). The van der Waals surface area contributed by atoms with E-state index in [9.17, 15) is 18.8 Å². The van der Waals surface area contributed by atoms with Crippen LogP contribution in [0.15, 0.2) is 48.5 Å². The maximum atomic E-state index is 13.5. The molecule has 3 amide bonds. The molecule has 0 aromatic heterocycles. The van der Waals surface area contributed by atoms with E-state index >= 15 is 0 Å². The van der Waals surface area contributed by atoms with Crippen LogP contribution < -0.4 is 15.8 Å². The third-order valence-corrected chi connectivity index (χ3v) is 4.30. The Morgan fingerprint density at radius 2 is 1.77 bits per heavy atom. The van der Waals surface area contributed by atoms with Crippen LogP contribution in [0.2, 0.25) is 5.02 Å². The molecule has 1 heterocycles. The molecule has 1 aliphatic heterocycles. The zero-order chi connectivity index (χ0) is 18.7. The predicted molar refractivity (Wildman–Crippen MR) is 93.9 cm³/mol. The number of anilines is 1. The van der Waals surface area contributed by atoms with E-state index < -0.39 is 23.5 Å². The average molecular weight is 376 g/mol. The molecule has 0 radical (unpaired) electrons. The number of rotatable bonds is 3. The van der Waals surface area contributed by atoms with Crippen molar-refractivity contribution in [3.8, 4) is 0 Å². The largest absolute Gasteiger partial charge is 0.312 e. The van der Waals surface area contributed by atoms with Gasteiger partial charge in [-0.3, -0.25) is 25.2 Å². The molecular weight excluding hydrogens is 361 g/mol. The molecule has 0 bridgehead atoms. The maximum absolute atomic E-state index is 13.5. The van der Waals surface area contributed by atoms with Gasteiger partial charge in [0.05, 0.1) is 11.5 Å². The molecule has 1 atom stereocenters. The van der Waals surface area contributed by atoms with E-state index in [4.69, 9.17) is 11.6 Å². The number of nitrogens with zero attached hydrogens (tertiary/aromatic N) is 1. The van der Waals surface area contributed by atoms with E-state index in [1.807, 2.05) is 0 Å². The van der Waals surface area contributed by atoms with Crippen LogP contribution >= 0.6 is 11.6 Å². The minimum atomic E-state index is -0.768. The molecule has 1 fully saturated rings. The van der Waals surface area contributed by atoms with Crippen LogP contribution in [0.25, 0.3) is 0 Å². The average Bonchev–Trinajstić information content (AvgIpc) is 3.02. The summed E-state index contributed by atoms with van der Waals surface area (Å²) in [6.45, 7) is 0.182. The van der Waals surface area contributed by atoms with Crippen LogP contribution in [0.1, 0.15) is 16.8 Å². The first-order valence-corrected chi connectivity index (χ1v) is 8.24. The number of halogens is 2. The molecule has 0 spiro atoms. The van der Waals surface area contributed by atoms with E-state index in [0.29, 0.717) is 10.7 Å². The minimum Gasteiger partial charge on any atom is -0.312 e. The molecular formula is C18H15ClFN3O3. The molecule has 1 saturated heterocycles. The van der Waals surface area contributed by atoms with Crippen LogP contribution in [-0.4, -0.2) is 24.3 Å². The van der Waals surface area contributed by atoms with Crippen LogP contribution in [0, 0.1) is 11.7 Å². The summed E-state index contributed by atoms with van der Waals surface area (Å²) in [6.07, 6.45) is 0.0179. The molecule has 3 rings (SSSR count). The topological polar surface area (TPSA) is 78.5 Å². The van der Waals surface area contributed by atoms with Gasteiger partial charge in [0, 0.05) is 23.7 Å². The Balaban J connectivity index is 1.59. The number of carbonyl (C=O) groups is 3. The first-order chi connectivity index (χ1) is 12.5. The number of hydrogen-bond acceptors (Lipinski definition) is 3. The lowest BCUT2D eigenvalue weighted by Crippen LogP contribution is -2.45. The summed E-state index contributed by atoms with van der Waals surface area (Å²) in [5.74, 6) is -2.80. The van der Waals surface area contributed by atoms with Gasteiger partial charge in [-0.05, 0) is 36.4 Å². The fraction of sp³-hybridized carbons (Fsp3) is 0.167. The number of nitrogens with one attached hydrogen (secondary N) is 2. The number of hydrogen-bond donors (Lipinski definition) is 2. The maximum Gasteiger partial charge on any atom is 0.272 e. The summed E-state index contributed by atoms with van der Waals surface area (Å²) in [7, 11) is 0. The molecule has 6 nitrogen and oxygen atoms in total. The van der Waals surface area contributed by atoms with E-state index in [1.54, 1.807) is 24.3 Å². The predicted octanol–water partition coefficient (Wildman–Crippen LogP) is 2.29. The molecule has 134 valence electrons. The van der Waals surface area contributed by atoms with Crippen molar-refractivity contribution in [1.29, 1.82) is 0 Å². The Hall–Kier alpha value is -2.93. The molecule has 1 aliphatic rings. The highest BCUT2D eigenvalue weighted by molar-refractivity contribution is 6.30. The number of benzene rings is 2. The Bertz CT molecular complexity index is 857. The van der Waals surface area contributed by atoms with Crippen molar-refractivity contribution in [3.63, 3.8) is 0 Å². The van der Waals surface area contributed by atoms with Crippen LogP contribution in [0.5, 0.6) is 0 Å². The molecule has 0 aliphatic carbocycles. The second kappa shape index (κ2) is 7.53. The van der Waals surface area contributed by atoms with Gasteiger partial charge in [0.1, 0.15) is 5.82 Å². The summed E-state index contributed by atoms with van der Waals surface area (Å²) in [5.41, 5.74) is 4.88. The zero-order valence-electron chi connectivity index (χ0n) is 13.5. The lowest BCUT2D eigenvalue weighted by atomic mass is 10.1. The quantitative estimate of drug-likeness (QED) is 0.808. The van der Waals surface area contributed by atoms with E-state index in [1.165, 1.54) is 23.1 Å². The summed E-state index contributed by atoms with van der Waals surface area (Å²) in [6, 6.07) is 12.1. The van der Waals surface area contributed by atoms with Gasteiger partial charge in [0.15, 0.2) is 0 Å². The lowest BCUT2D eigenvalue weighted by Gasteiger charge is -2.17. The molecule has 0 saturated carbocycles. The van der Waals surface area contributed by atoms with E-state index in [2.05, 4.69) is 10.9 Å². The van der Waals surface area contributed by atoms with Crippen LogP contribution in [0.4, 0.5) is 10.1 Å². The van der Waals surface area contributed by atoms with Crippen LogP contribution in [0.3, 0.4) is 0 Å². The second-order valence-electron chi connectivity index (χ2n) is 5.81. The van der Waals surface area contributed by atoms with Crippen LogP contribution in [-0.2, 0) is 9.59 Å². The van der Waals surface area contributed by atoms with Gasteiger partial charge in [-0.25, -0.2) is 4.39 Å². The van der Waals surface area contributed by atoms with Gasteiger partial charge >= 0.3 is 0 Å². The molecule has 2 aromatic rings. The smallest absolute Gasteiger partial charge is 0.272 e. The normalized spacial score (nSPS) is 16.5. The van der Waals surface area contributed by atoms with Crippen molar-refractivity contribution in [1.82, 2.24) is 10.9 Å². The van der Waals surface area contributed by atoms with Gasteiger partial charge < -0.3 is 4.90 Å². The third kappa shape index (κ3) is 3.83. The van der Waals surface area contributed by atoms with E-state index in [-0.39, 0.29) is 24.4 Å². The molecule has 26 heavy (non-hydrogen) atoms. The van der Waals surface area contributed by atoms with Gasteiger partial charge in [0.25, 0.3) is 5.91 Å². The second-order valence-corrected chi connectivity index (χ2v) is 6.24. The van der Waals surface area contributed by atoms with Crippen molar-refractivity contribution >= 4 is 35.0 Å². The summed E-state index contributed by atoms with van der Waals surface area (Å²) >= 11 is 5.83. The van der Waals surface area contributed by atoms with Gasteiger partial charge in [0.2, 0.25) is 11.8 Å². The molecule has 2 N–H and O–H groups in total. The number of amides is 3. The summed E-state index contributed by atoms with van der Waals surface area (Å²) < 4.78 is 13.5. The Morgan fingerprint density at radius 3 is 2.46 bits per heavy atom. The van der Waals surface area contributed by atoms with E-state index in [0.717, 1.165) is 6.07 Å². The number of carbonyl (C=O) groups excluding carboxylic acids is 3. The lowest BCUT2D eigenvalue weighted by molar-refractivity contribution is -0.126. The minimum absolute atomic E-state index is 0.0179. The fourth-order valence-electron chi connectivity index (χ4n) is 2.69. The summed E-state index contributed by atoms with van der Waals surface area (Å²) in [4.78, 5) is 37.8. The third-order valence-electron chi connectivity index (χ3n) is 4.05. The van der Waals surface area contributed by atoms with Crippen molar-refractivity contribution in [3.05, 3.63) is 64.9 Å². The molecule has 8 heteroatoms. The first-order valence-electron chi connectivity index (χ1n) is 7.86. The van der Waals surface area contributed by atoms with Gasteiger partial charge in [-0.15, -0.1) is 0 Å². The Kier molecular flexibility index (Phi) is 5.18. The van der Waals surface area contributed by atoms with Crippen molar-refractivity contribution in [2.24, 2.45) is 5.92 Å². The Labute approximate surface area is 153 Å². The monoisotopic (exact) mass is 375 g/mol. The van der Waals surface area contributed by atoms with Gasteiger partial charge in [-0.1, -0.05) is 23.7 Å². The molecule has 2 aromatic carbocycles.